The van der Waals surface area contributed by atoms with E-state index in [4.69, 9.17) is 0 Å². The SMILES string of the molecule is Cc1ccc(N2CC(=O)NC(=O)C2)c(CNC2CC2)c1. The number of carbonyl (C=O) groups is 2. The van der Waals surface area contributed by atoms with Crippen LogP contribution >= 0.6 is 0 Å². The first-order chi connectivity index (χ1) is 9.61. The molecule has 1 aromatic rings. The zero-order chi connectivity index (χ0) is 14.1. The predicted molar refractivity (Wildman–Crippen MR) is 76.4 cm³/mol. The molecular weight excluding hydrogens is 254 g/mol. The van der Waals surface area contributed by atoms with E-state index >= 15 is 0 Å². The summed E-state index contributed by atoms with van der Waals surface area (Å²) in [5.74, 6) is -0.467. The number of piperazine rings is 1. The van der Waals surface area contributed by atoms with Crippen LogP contribution in [0, 0.1) is 6.92 Å². The van der Waals surface area contributed by atoms with Crippen molar-refractivity contribution in [2.45, 2.75) is 32.4 Å². The maximum Gasteiger partial charge on any atom is 0.246 e. The van der Waals surface area contributed by atoms with Gasteiger partial charge >= 0.3 is 0 Å². The summed E-state index contributed by atoms with van der Waals surface area (Å²) < 4.78 is 0. The molecule has 1 aliphatic carbocycles. The average Bonchev–Trinajstić information content (AvgIpc) is 3.19. The van der Waals surface area contributed by atoms with Gasteiger partial charge < -0.3 is 10.2 Å². The standard InChI is InChI=1S/C15H19N3O2/c1-10-2-5-13(11(6-10)7-16-12-3-4-12)18-8-14(19)17-15(20)9-18/h2,5-6,12,16H,3-4,7-9H2,1H3,(H,17,19,20). The van der Waals surface area contributed by atoms with Gasteiger partial charge in [0.15, 0.2) is 0 Å². The fourth-order valence-electron chi connectivity index (χ4n) is 2.51. The molecule has 0 unspecified atom stereocenters. The van der Waals surface area contributed by atoms with E-state index in [0.29, 0.717) is 6.04 Å². The van der Waals surface area contributed by atoms with Crippen LogP contribution in [-0.2, 0) is 16.1 Å². The summed E-state index contributed by atoms with van der Waals surface area (Å²) in [5, 5.41) is 5.82. The molecule has 0 spiro atoms. The highest BCUT2D eigenvalue weighted by atomic mass is 16.2. The van der Waals surface area contributed by atoms with Gasteiger partial charge in [-0.25, -0.2) is 0 Å². The topological polar surface area (TPSA) is 61.4 Å². The van der Waals surface area contributed by atoms with Crippen molar-refractivity contribution in [3.63, 3.8) is 0 Å². The maximum absolute atomic E-state index is 11.5. The Morgan fingerprint density at radius 1 is 1.25 bits per heavy atom. The summed E-state index contributed by atoms with van der Waals surface area (Å²) in [4.78, 5) is 24.9. The first-order valence-corrected chi connectivity index (χ1v) is 7.02. The normalized spacial score (nSPS) is 19.1. The van der Waals surface area contributed by atoms with E-state index in [1.165, 1.54) is 18.4 Å². The average molecular weight is 273 g/mol. The third-order valence-electron chi connectivity index (χ3n) is 3.68. The van der Waals surface area contributed by atoms with Gasteiger partial charge in [-0.05, 0) is 31.4 Å². The van der Waals surface area contributed by atoms with Crippen LogP contribution in [0.5, 0.6) is 0 Å². The van der Waals surface area contributed by atoms with Crippen molar-refractivity contribution >= 4 is 17.5 Å². The molecule has 1 aliphatic heterocycles. The molecule has 0 aromatic heterocycles. The van der Waals surface area contributed by atoms with E-state index in [1.807, 2.05) is 17.0 Å². The lowest BCUT2D eigenvalue weighted by atomic mass is 10.1. The number of benzene rings is 1. The van der Waals surface area contributed by atoms with E-state index < -0.39 is 0 Å². The zero-order valence-corrected chi connectivity index (χ0v) is 11.6. The molecule has 1 aromatic carbocycles. The van der Waals surface area contributed by atoms with Gasteiger partial charge in [0.05, 0.1) is 13.1 Å². The molecular formula is C15H19N3O2. The molecule has 0 atom stereocenters. The van der Waals surface area contributed by atoms with Crippen molar-refractivity contribution in [2.75, 3.05) is 18.0 Å². The molecule has 2 aliphatic rings. The number of imide groups is 1. The molecule has 0 bridgehead atoms. The quantitative estimate of drug-likeness (QED) is 0.793. The van der Waals surface area contributed by atoms with Crippen LogP contribution < -0.4 is 15.5 Å². The Bertz CT molecular complexity index is 536. The molecule has 2 fully saturated rings. The fraction of sp³-hybridized carbons (Fsp3) is 0.467. The molecule has 20 heavy (non-hydrogen) atoms. The molecule has 2 amide bonds. The number of rotatable bonds is 4. The van der Waals surface area contributed by atoms with Gasteiger partial charge in [-0.2, -0.15) is 0 Å². The summed E-state index contributed by atoms with van der Waals surface area (Å²) in [6.45, 7) is 3.32. The van der Waals surface area contributed by atoms with Crippen LogP contribution in [0.1, 0.15) is 24.0 Å². The highest BCUT2D eigenvalue weighted by molar-refractivity contribution is 6.02. The summed E-state index contributed by atoms with van der Waals surface area (Å²) >= 11 is 0. The van der Waals surface area contributed by atoms with Crippen molar-refractivity contribution in [3.05, 3.63) is 29.3 Å². The van der Waals surface area contributed by atoms with Crippen molar-refractivity contribution in [2.24, 2.45) is 0 Å². The Hall–Kier alpha value is -1.88. The summed E-state index contributed by atoms with van der Waals surface area (Å²) in [6, 6.07) is 6.79. The number of aryl methyl sites for hydroxylation is 1. The molecule has 5 nitrogen and oxygen atoms in total. The number of nitrogens with zero attached hydrogens (tertiary/aromatic N) is 1. The molecule has 5 heteroatoms. The van der Waals surface area contributed by atoms with Gasteiger partial charge in [-0.3, -0.25) is 14.9 Å². The van der Waals surface area contributed by atoms with Crippen molar-refractivity contribution in [1.29, 1.82) is 0 Å². The van der Waals surface area contributed by atoms with E-state index in [1.54, 1.807) is 0 Å². The number of carbonyl (C=O) groups excluding carboxylic acids is 2. The van der Waals surface area contributed by atoms with E-state index in [0.717, 1.165) is 17.8 Å². The van der Waals surface area contributed by atoms with Crippen LogP contribution in [-0.4, -0.2) is 30.9 Å². The Morgan fingerprint density at radius 3 is 2.60 bits per heavy atom. The number of nitrogens with one attached hydrogen (secondary N) is 2. The molecule has 1 saturated heterocycles. The van der Waals surface area contributed by atoms with Crippen molar-refractivity contribution < 1.29 is 9.59 Å². The van der Waals surface area contributed by atoms with E-state index in [2.05, 4.69) is 23.6 Å². The zero-order valence-electron chi connectivity index (χ0n) is 11.6. The second kappa shape index (κ2) is 5.25. The van der Waals surface area contributed by atoms with Gasteiger partial charge in [0, 0.05) is 18.3 Å². The Morgan fingerprint density at radius 2 is 1.95 bits per heavy atom. The minimum absolute atomic E-state index is 0.233. The van der Waals surface area contributed by atoms with Gasteiger partial charge in [0.1, 0.15) is 0 Å². The van der Waals surface area contributed by atoms with Crippen molar-refractivity contribution in [3.8, 4) is 0 Å². The summed E-state index contributed by atoms with van der Waals surface area (Å²) in [6.07, 6.45) is 2.48. The molecule has 0 radical (unpaired) electrons. The highest BCUT2D eigenvalue weighted by Crippen LogP contribution is 2.25. The lowest BCUT2D eigenvalue weighted by molar-refractivity contribution is -0.130. The van der Waals surface area contributed by atoms with Crippen LogP contribution in [0.4, 0.5) is 5.69 Å². The Labute approximate surface area is 118 Å². The monoisotopic (exact) mass is 273 g/mol. The van der Waals surface area contributed by atoms with E-state index in [-0.39, 0.29) is 24.9 Å². The number of anilines is 1. The van der Waals surface area contributed by atoms with Gasteiger partial charge in [-0.15, -0.1) is 0 Å². The second-order valence-electron chi connectivity index (χ2n) is 5.61. The number of amides is 2. The smallest absolute Gasteiger partial charge is 0.246 e. The third-order valence-corrected chi connectivity index (χ3v) is 3.68. The van der Waals surface area contributed by atoms with Crippen LogP contribution in [0.15, 0.2) is 18.2 Å². The van der Waals surface area contributed by atoms with Crippen LogP contribution in [0.3, 0.4) is 0 Å². The third kappa shape index (κ3) is 2.99. The largest absolute Gasteiger partial charge is 0.353 e. The fourth-order valence-corrected chi connectivity index (χ4v) is 2.51. The second-order valence-corrected chi connectivity index (χ2v) is 5.61. The first kappa shape index (κ1) is 13.1. The van der Waals surface area contributed by atoms with Gasteiger partial charge in [0.25, 0.3) is 0 Å². The highest BCUT2D eigenvalue weighted by Gasteiger charge is 2.25. The van der Waals surface area contributed by atoms with Crippen molar-refractivity contribution in [1.82, 2.24) is 10.6 Å². The predicted octanol–water partition coefficient (Wildman–Crippen LogP) is 0.710. The summed E-state index contributed by atoms with van der Waals surface area (Å²) in [5.41, 5.74) is 3.32. The van der Waals surface area contributed by atoms with Gasteiger partial charge in [0.2, 0.25) is 11.8 Å². The minimum atomic E-state index is -0.233. The molecule has 3 rings (SSSR count). The van der Waals surface area contributed by atoms with E-state index in [9.17, 15) is 9.59 Å². The van der Waals surface area contributed by atoms with Crippen LogP contribution in [0.25, 0.3) is 0 Å². The van der Waals surface area contributed by atoms with Crippen LogP contribution in [0.2, 0.25) is 0 Å². The number of hydrogen-bond acceptors (Lipinski definition) is 4. The first-order valence-electron chi connectivity index (χ1n) is 7.02. The molecule has 106 valence electrons. The molecule has 1 saturated carbocycles. The Balaban J connectivity index is 1.82. The number of hydrogen-bond donors (Lipinski definition) is 2. The molecule has 2 N–H and O–H groups in total. The Kier molecular flexibility index (Phi) is 3.44. The van der Waals surface area contributed by atoms with Gasteiger partial charge in [-0.1, -0.05) is 17.7 Å². The lowest BCUT2D eigenvalue weighted by Crippen LogP contribution is -2.51. The summed E-state index contributed by atoms with van der Waals surface area (Å²) in [7, 11) is 0. The minimum Gasteiger partial charge on any atom is -0.353 e. The lowest BCUT2D eigenvalue weighted by Gasteiger charge is -2.29. The maximum atomic E-state index is 11.5. The molecule has 1 heterocycles.